The van der Waals surface area contributed by atoms with E-state index >= 15 is 0 Å². The van der Waals surface area contributed by atoms with Crippen LogP contribution in [-0.4, -0.2) is 90.2 Å². The molecule has 1 aliphatic heterocycles. The Kier molecular flexibility index (Phi) is 6.11. The van der Waals surface area contributed by atoms with Gasteiger partial charge in [0.1, 0.15) is 6.54 Å². The quantitative estimate of drug-likeness (QED) is 0.633. The Hall–Kier alpha value is -2.40. The smallest absolute Gasteiger partial charge is 0.244 e. The third-order valence-electron chi connectivity index (χ3n) is 4.82. The molecule has 0 unspecified atom stereocenters. The van der Waals surface area contributed by atoms with E-state index in [4.69, 9.17) is 4.52 Å². The first-order valence-corrected chi connectivity index (χ1v) is 9.17. The average Bonchev–Trinajstić information content (AvgIpc) is 3.24. The molecule has 0 aliphatic carbocycles. The molecule has 0 bridgehead atoms. The molecule has 1 aliphatic rings. The van der Waals surface area contributed by atoms with E-state index in [-0.39, 0.29) is 12.5 Å². The molecule has 1 fully saturated rings. The molecular formula is C16H27N9O2. The van der Waals surface area contributed by atoms with Crippen LogP contribution in [0.5, 0.6) is 0 Å². The zero-order valence-electron chi connectivity index (χ0n) is 16.4. The molecule has 0 N–H and O–H groups in total. The first-order valence-electron chi connectivity index (χ1n) is 9.17. The summed E-state index contributed by atoms with van der Waals surface area (Å²) >= 11 is 0. The average molecular weight is 377 g/mol. The maximum Gasteiger partial charge on any atom is 0.244 e. The predicted octanol–water partition coefficient (Wildman–Crippen LogP) is -0.451. The molecule has 3 rings (SSSR count). The molecule has 2 aromatic heterocycles. The maximum atomic E-state index is 12.6. The summed E-state index contributed by atoms with van der Waals surface area (Å²) in [5, 5.41) is 15.7. The molecule has 0 radical (unpaired) electrons. The van der Waals surface area contributed by atoms with Crippen molar-refractivity contribution >= 4 is 5.91 Å². The SMILES string of the molecule is Cc1nc(CN2CCN(C(=O)Cn3nnnc3CN(C)C(C)C)CC2)no1. The topological polar surface area (TPSA) is 109 Å². The van der Waals surface area contributed by atoms with Crippen molar-refractivity contribution in [2.45, 2.75) is 46.4 Å². The predicted molar refractivity (Wildman–Crippen MR) is 95.3 cm³/mol. The fourth-order valence-electron chi connectivity index (χ4n) is 2.85. The summed E-state index contributed by atoms with van der Waals surface area (Å²) in [7, 11) is 2.01. The van der Waals surface area contributed by atoms with Crippen molar-refractivity contribution in [3.05, 3.63) is 17.5 Å². The fraction of sp³-hybridized carbons (Fsp3) is 0.750. The van der Waals surface area contributed by atoms with E-state index in [2.05, 4.69) is 49.3 Å². The zero-order chi connectivity index (χ0) is 19.4. The monoisotopic (exact) mass is 377 g/mol. The van der Waals surface area contributed by atoms with Crippen LogP contribution in [0.3, 0.4) is 0 Å². The largest absolute Gasteiger partial charge is 0.340 e. The van der Waals surface area contributed by atoms with E-state index in [1.165, 1.54) is 0 Å². The van der Waals surface area contributed by atoms with Gasteiger partial charge in [0.25, 0.3) is 0 Å². The Labute approximate surface area is 158 Å². The number of piperazine rings is 1. The van der Waals surface area contributed by atoms with Crippen molar-refractivity contribution in [1.82, 2.24) is 45.0 Å². The number of tetrazole rings is 1. The number of amides is 1. The summed E-state index contributed by atoms with van der Waals surface area (Å²) in [6, 6.07) is 0.377. The van der Waals surface area contributed by atoms with Crippen molar-refractivity contribution in [1.29, 1.82) is 0 Å². The van der Waals surface area contributed by atoms with Gasteiger partial charge >= 0.3 is 0 Å². The number of aryl methyl sites for hydroxylation is 1. The van der Waals surface area contributed by atoms with Gasteiger partial charge in [0, 0.05) is 39.1 Å². The summed E-state index contributed by atoms with van der Waals surface area (Å²) in [5.41, 5.74) is 0. The number of carbonyl (C=O) groups excluding carboxylic acids is 1. The minimum absolute atomic E-state index is 0.0332. The number of aromatic nitrogens is 6. The highest BCUT2D eigenvalue weighted by Crippen LogP contribution is 2.08. The molecule has 1 amide bonds. The first kappa shape index (κ1) is 19.4. The van der Waals surface area contributed by atoms with Crippen molar-refractivity contribution in [2.24, 2.45) is 0 Å². The third-order valence-corrected chi connectivity index (χ3v) is 4.82. The molecule has 11 nitrogen and oxygen atoms in total. The highest BCUT2D eigenvalue weighted by atomic mass is 16.5. The lowest BCUT2D eigenvalue weighted by Gasteiger charge is -2.34. The second-order valence-corrected chi connectivity index (χ2v) is 7.15. The van der Waals surface area contributed by atoms with Gasteiger partial charge in [-0.2, -0.15) is 4.98 Å². The number of nitrogens with zero attached hydrogens (tertiary/aromatic N) is 9. The lowest BCUT2D eigenvalue weighted by Crippen LogP contribution is -2.49. The van der Waals surface area contributed by atoms with E-state index in [9.17, 15) is 4.79 Å². The molecular weight excluding hydrogens is 350 g/mol. The standard InChI is InChI=1S/C16H27N9O2/c1-12(2)22(4)10-15-18-20-21-25(15)11-16(26)24-7-5-23(6-8-24)9-14-17-13(3)27-19-14/h12H,5-11H2,1-4H3. The molecule has 27 heavy (non-hydrogen) atoms. The van der Waals surface area contributed by atoms with Crippen LogP contribution >= 0.6 is 0 Å². The molecule has 0 aromatic carbocycles. The molecule has 0 atom stereocenters. The Morgan fingerprint density at radius 2 is 2.00 bits per heavy atom. The van der Waals surface area contributed by atoms with Gasteiger partial charge in [0.2, 0.25) is 11.8 Å². The van der Waals surface area contributed by atoms with Gasteiger partial charge < -0.3 is 9.42 Å². The van der Waals surface area contributed by atoms with Gasteiger partial charge in [-0.25, -0.2) is 4.68 Å². The molecule has 3 heterocycles. The molecule has 1 saturated heterocycles. The van der Waals surface area contributed by atoms with Crippen LogP contribution in [0, 0.1) is 6.92 Å². The van der Waals surface area contributed by atoms with Crippen molar-refractivity contribution in [3.63, 3.8) is 0 Å². The van der Waals surface area contributed by atoms with Crippen LogP contribution in [0.2, 0.25) is 0 Å². The molecule has 2 aromatic rings. The molecule has 148 valence electrons. The van der Waals surface area contributed by atoms with Crippen LogP contribution in [0.25, 0.3) is 0 Å². The normalized spacial score (nSPS) is 15.9. The molecule has 0 spiro atoms. The van der Waals surface area contributed by atoms with Gasteiger partial charge in [-0.05, 0) is 31.3 Å². The van der Waals surface area contributed by atoms with Crippen LogP contribution in [0.15, 0.2) is 4.52 Å². The summed E-state index contributed by atoms with van der Waals surface area (Å²) in [6.45, 7) is 10.3. The molecule has 11 heteroatoms. The van der Waals surface area contributed by atoms with E-state index < -0.39 is 0 Å². The number of hydrogen-bond donors (Lipinski definition) is 0. The third kappa shape index (κ3) is 5.07. The second kappa shape index (κ2) is 8.53. The van der Waals surface area contributed by atoms with Gasteiger partial charge in [0.05, 0.1) is 13.1 Å². The lowest BCUT2D eigenvalue weighted by atomic mass is 10.3. The van der Waals surface area contributed by atoms with Crippen molar-refractivity contribution in [3.8, 4) is 0 Å². The van der Waals surface area contributed by atoms with Gasteiger partial charge in [0.15, 0.2) is 11.6 Å². The van der Waals surface area contributed by atoms with Crippen LogP contribution in [0.1, 0.15) is 31.4 Å². The second-order valence-electron chi connectivity index (χ2n) is 7.15. The van der Waals surface area contributed by atoms with Crippen molar-refractivity contribution in [2.75, 3.05) is 33.2 Å². The van der Waals surface area contributed by atoms with Crippen molar-refractivity contribution < 1.29 is 9.32 Å². The zero-order valence-corrected chi connectivity index (χ0v) is 16.4. The fourth-order valence-corrected chi connectivity index (χ4v) is 2.85. The Bertz CT molecular complexity index is 749. The summed E-state index contributed by atoms with van der Waals surface area (Å²) in [6.07, 6.45) is 0. The minimum Gasteiger partial charge on any atom is -0.340 e. The van der Waals surface area contributed by atoms with Gasteiger partial charge in [-0.1, -0.05) is 5.16 Å². The van der Waals surface area contributed by atoms with Gasteiger partial charge in [-0.3, -0.25) is 14.6 Å². The van der Waals surface area contributed by atoms with E-state index in [0.29, 0.717) is 49.8 Å². The number of hydrogen-bond acceptors (Lipinski definition) is 9. The van der Waals surface area contributed by atoms with Gasteiger partial charge in [-0.15, -0.1) is 5.10 Å². The number of rotatable bonds is 7. The first-order chi connectivity index (χ1) is 12.9. The maximum absolute atomic E-state index is 12.6. The summed E-state index contributed by atoms with van der Waals surface area (Å²) in [4.78, 5) is 23.1. The van der Waals surface area contributed by atoms with Crippen LogP contribution in [-0.2, 0) is 24.4 Å². The van der Waals surface area contributed by atoms with E-state index in [1.54, 1.807) is 11.6 Å². The van der Waals surface area contributed by atoms with Crippen LogP contribution < -0.4 is 0 Å². The highest BCUT2D eigenvalue weighted by molar-refractivity contribution is 5.76. The van der Waals surface area contributed by atoms with E-state index in [1.807, 2.05) is 11.9 Å². The summed E-state index contributed by atoms with van der Waals surface area (Å²) in [5.74, 6) is 1.98. The minimum atomic E-state index is 0.0332. The molecule has 0 saturated carbocycles. The van der Waals surface area contributed by atoms with Crippen LogP contribution in [0.4, 0.5) is 0 Å². The Balaban J connectivity index is 1.49. The summed E-state index contributed by atoms with van der Waals surface area (Å²) < 4.78 is 6.59. The highest BCUT2D eigenvalue weighted by Gasteiger charge is 2.23. The number of carbonyl (C=O) groups is 1. The Morgan fingerprint density at radius 3 is 2.63 bits per heavy atom. The lowest BCUT2D eigenvalue weighted by molar-refractivity contribution is -0.134. The van der Waals surface area contributed by atoms with E-state index in [0.717, 1.165) is 13.1 Å². The Morgan fingerprint density at radius 1 is 1.26 bits per heavy atom.